The molecule has 0 saturated heterocycles. The van der Waals surface area contributed by atoms with Crippen LogP contribution in [0.1, 0.15) is 65.7 Å². The Kier molecular flexibility index (Phi) is 5.20. The first-order chi connectivity index (χ1) is 11.4. The number of carbonyl (C=O) groups excluding carboxylic acids is 1. The van der Waals surface area contributed by atoms with Crippen molar-refractivity contribution in [1.82, 2.24) is 0 Å². The molecule has 3 rings (SSSR count). The van der Waals surface area contributed by atoms with Gasteiger partial charge in [0.15, 0.2) is 6.29 Å². The molecule has 0 amide bonds. The number of esters is 1. The number of hydrogen-bond acceptors (Lipinski definition) is 4. The molecule has 2 bridgehead atoms. The van der Waals surface area contributed by atoms with Crippen LogP contribution in [0.2, 0.25) is 0 Å². The summed E-state index contributed by atoms with van der Waals surface area (Å²) in [7, 11) is 0. The molecule has 24 heavy (non-hydrogen) atoms. The summed E-state index contributed by atoms with van der Waals surface area (Å²) < 4.78 is 11.2. The van der Waals surface area contributed by atoms with Crippen molar-refractivity contribution in [2.24, 2.45) is 35.0 Å². The highest BCUT2D eigenvalue weighted by Crippen LogP contribution is 2.60. The Morgan fingerprint density at radius 2 is 2.00 bits per heavy atom. The van der Waals surface area contributed by atoms with Gasteiger partial charge in [-0.05, 0) is 82.5 Å². The molecule has 3 saturated carbocycles. The first-order valence-electron chi connectivity index (χ1n) is 9.62. The molecule has 0 spiro atoms. The van der Waals surface area contributed by atoms with E-state index in [-0.39, 0.29) is 12.4 Å². The molecule has 0 heterocycles. The maximum atomic E-state index is 11.9. The van der Waals surface area contributed by atoms with Crippen LogP contribution >= 0.6 is 0 Å². The van der Waals surface area contributed by atoms with E-state index in [1.54, 1.807) is 6.92 Å². The molecular weight excluding hydrogens is 302 g/mol. The van der Waals surface area contributed by atoms with Crippen LogP contribution in [-0.4, -0.2) is 18.9 Å². The Hall–Kier alpha value is -1.08. The Morgan fingerprint density at radius 1 is 1.25 bits per heavy atom. The zero-order valence-corrected chi connectivity index (χ0v) is 15.3. The quantitative estimate of drug-likeness (QED) is 0.515. The van der Waals surface area contributed by atoms with Crippen LogP contribution in [-0.2, 0) is 14.3 Å². The van der Waals surface area contributed by atoms with Crippen LogP contribution in [0, 0.1) is 46.3 Å². The van der Waals surface area contributed by atoms with E-state index in [9.17, 15) is 4.79 Å². The number of carbonyl (C=O) groups is 1. The monoisotopic (exact) mass is 333 g/mol. The van der Waals surface area contributed by atoms with Gasteiger partial charge in [-0.2, -0.15) is 5.26 Å². The van der Waals surface area contributed by atoms with Crippen LogP contribution in [0.3, 0.4) is 0 Å². The lowest BCUT2D eigenvalue weighted by molar-refractivity contribution is -0.178. The van der Waals surface area contributed by atoms with Crippen molar-refractivity contribution in [2.45, 2.75) is 72.0 Å². The Balaban J connectivity index is 1.37. The van der Waals surface area contributed by atoms with Gasteiger partial charge in [-0.15, -0.1) is 0 Å². The van der Waals surface area contributed by atoms with Crippen molar-refractivity contribution in [1.29, 1.82) is 5.26 Å². The van der Waals surface area contributed by atoms with Gasteiger partial charge in [-0.25, -0.2) is 0 Å². The third-order valence-corrected chi connectivity index (χ3v) is 6.67. The van der Waals surface area contributed by atoms with Gasteiger partial charge in [0.25, 0.3) is 0 Å². The number of rotatable bonds is 7. The normalized spacial score (nSPS) is 35.5. The lowest BCUT2D eigenvalue weighted by atomic mass is 9.76. The minimum atomic E-state index is -0.485. The summed E-state index contributed by atoms with van der Waals surface area (Å²) in [5.41, 5.74) is -0.482. The van der Waals surface area contributed by atoms with Crippen molar-refractivity contribution in [2.75, 3.05) is 6.61 Å². The summed E-state index contributed by atoms with van der Waals surface area (Å²) in [5, 5.41) is 8.98. The standard InChI is InChI=1S/C20H31NO3/c1-13(24-19(22)7-8-20(2,3)12-21)23-11-15-9-14-10-18(15)17-6-4-5-16(14)17/h13-18H,4-11H2,1-3H3. The van der Waals surface area contributed by atoms with Crippen molar-refractivity contribution in [3.63, 3.8) is 0 Å². The van der Waals surface area contributed by atoms with Crippen molar-refractivity contribution in [3.8, 4) is 6.07 Å². The average Bonchev–Trinajstić information content (AvgIpc) is 3.23. The van der Waals surface area contributed by atoms with Crippen molar-refractivity contribution >= 4 is 5.97 Å². The molecule has 0 radical (unpaired) electrons. The predicted octanol–water partition coefficient (Wildman–Crippen LogP) is 4.29. The molecule has 6 unspecified atom stereocenters. The topological polar surface area (TPSA) is 59.3 Å². The second kappa shape index (κ2) is 7.04. The molecule has 4 nitrogen and oxygen atoms in total. The van der Waals surface area contributed by atoms with E-state index in [1.165, 1.54) is 32.1 Å². The van der Waals surface area contributed by atoms with E-state index in [0.717, 1.165) is 30.3 Å². The highest BCUT2D eigenvalue weighted by atomic mass is 16.7. The number of nitriles is 1. The van der Waals surface area contributed by atoms with Crippen molar-refractivity contribution in [3.05, 3.63) is 0 Å². The summed E-state index contributed by atoms with van der Waals surface area (Å²) in [6.07, 6.45) is 7.30. The second-order valence-corrected chi connectivity index (χ2v) is 8.80. The van der Waals surface area contributed by atoms with E-state index in [0.29, 0.717) is 12.3 Å². The fourth-order valence-corrected chi connectivity index (χ4v) is 5.41. The maximum absolute atomic E-state index is 11.9. The van der Waals surface area contributed by atoms with Gasteiger partial charge in [0.1, 0.15) is 0 Å². The fourth-order valence-electron chi connectivity index (χ4n) is 5.41. The largest absolute Gasteiger partial charge is 0.436 e. The maximum Gasteiger partial charge on any atom is 0.308 e. The summed E-state index contributed by atoms with van der Waals surface area (Å²) in [6, 6.07) is 2.21. The van der Waals surface area contributed by atoms with Crippen LogP contribution in [0.4, 0.5) is 0 Å². The minimum absolute atomic E-state index is 0.269. The van der Waals surface area contributed by atoms with Gasteiger partial charge in [-0.3, -0.25) is 4.79 Å². The Labute approximate surface area is 145 Å². The summed E-state index contributed by atoms with van der Waals surface area (Å²) in [6.45, 7) is 6.21. The molecule has 0 aromatic rings. The minimum Gasteiger partial charge on any atom is -0.436 e. The van der Waals surface area contributed by atoms with Crippen LogP contribution < -0.4 is 0 Å². The third kappa shape index (κ3) is 3.77. The smallest absolute Gasteiger partial charge is 0.308 e. The third-order valence-electron chi connectivity index (χ3n) is 6.67. The zero-order chi connectivity index (χ0) is 17.3. The molecule has 3 aliphatic rings. The lowest BCUT2D eigenvalue weighted by Crippen LogP contribution is -2.29. The highest BCUT2D eigenvalue weighted by Gasteiger charge is 2.53. The zero-order valence-electron chi connectivity index (χ0n) is 15.3. The van der Waals surface area contributed by atoms with Gasteiger partial charge in [0, 0.05) is 6.42 Å². The summed E-state index contributed by atoms with van der Waals surface area (Å²) in [4.78, 5) is 11.9. The molecule has 0 aromatic carbocycles. The van der Waals surface area contributed by atoms with Crippen molar-refractivity contribution < 1.29 is 14.3 Å². The number of nitrogens with zero attached hydrogens (tertiary/aromatic N) is 1. The molecule has 0 aliphatic heterocycles. The Bertz CT molecular complexity index is 510. The molecule has 0 aromatic heterocycles. The van der Waals surface area contributed by atoms with Crippen LogP contribution in [0.25, 0.3) is 0 Å². The summed E-state index contributed by atoms with van der Waals surface area (Å²) in [5.74, 6) is 4.13. The first kappa shape index (κ1) is 17.7. The number of fused-ring (bicyclic) bond motifs is 5. The molecule has 3 aliphatic carbocycles. The fraction of sp³-hybridized carbons (Fsp3) is 0.900. The van der Waals surface area contributed by atoms with Gasteiger partial charge in [-0.1, -0.05) is 6.42 Å². The Morgan fingerprint density at radius 3 is 2.75 bits per heavy atom. The van der Waals surface area contributed by atoms with E-state index in [1.807, 2.05) is 13.8 Å². The molecule has 4 heteroatoms. The van der Waals surface area contributed by atoms with Crippen LogP contribution in [0.5, 0.6) is 0 Å². The van der Waals surface area contributed by atoms with Gasteiger partial charge < -0.3 is 9.47 Å². The molecule has 0 N–H and O–H groups in total. The molecule has 3 fully saturated rings. The second-order valence-electron chi connectivity index (χ2n) is 8.80. The van der Waals surface area contributed by atoms with E-state index < -0.39 is 11.7 Å². The predicted molar refractivity (Wildman–Crippen MR) is 90.7 cm³/mol. The number of ether oxygens (including phenoxy) is 2. The van der Waals surface area contributed by atoms with Gasteiger partial charge >= 0.3 is 5.97 Å². The number of hydrogen-bond donors (Lipinski definition) is 0. The highest BCUT2D eigenvalue weighted by molar-refractivity contribution is 5.69. The van der Waals surface area contributed by atoms with Gasteiger partial charge in [0.2, 0.25) is 0 Å². The first-order valence-corrected chi connectivity index (χ1v) is 9.62. The lowest BCUT2D eigenvalue weighted by Gasteiger charge is -2.32. The van der Waals surface area contributed by atoms with E-state index >= 15 is 0 Å². The molecule has 6 atom stereocenters. The molecule has 134 valence electrons. The van der Waals surface area contributed by atoms with Gasteiger partial charge in [0.05, 0.1) is 18.1 Å². The summed E-state index contributed by atoms with van der Waals surface area (Å²) >= 11 is 0. The van der Waals surface area contributed by atoms with Crippen LogP contribution in [0.15, 0.2) is 0 Å². The van der Waals surface area contributed by atoms with E-state index in [4.69, 9.17) is 14.7 Å². The molecular formula is C20H31NO3. The average molecular weight is 333 g/mol. The van der Waals surface area contributed by atoms with E-state index in [2.05, 4.69) is 6.07 Å². The SMILES string of the molecule is CC(OCC1CC2CC1C1CCCC21)OC(=O)CCC(C)(C)C#N.